The summed E-state index contributed by atoms with van der Waals surface area (Å²) in [5, 5.41) is 4.58. The number of aromatic nitrogens is 3. The third-order valence-corrected chi connectivity index (χ3v) is 6.14. The Bertz CT molecular complexity index is 1240. The molecule has 1 aliphatic heterocycles. The van der Waals surface area contributed by atoms with E-state index in [1.807, 2.05) is 17.8 Å². The summed E-state index contributed by atoms with van der Waals surface area (Å²) in [5.41, 5.74) is 11.2. The van der Waals surface area contributed by atoms with Crippen LogP contribution < -0.4 is 0 Å². The van der Waals surface area contributed by atoms with Crippen LogP contribution in [0.25, 0.3) is 16.8 Å². The average molecular weight is 409 g/mol. The van der Waals surface area contributed by atoms with Gasteiger partial charge >= 0.3 is 0 Å². The van der Waals surface area contributed by atoms with Crippen LogP contribution in [0.5, 0.6) is 0 Å². The van der Waals surface area contributed by atoms with Gasteiger partial charge in [0.2, 0.25) is 0 Å². The maximum Gasteiger partial charge on any atom is 0.0648 e. The fourth-order valence-corrected chi connectivity index (χ4v) is 4.52. The van der Waals surface area contributed by atoms with E-state index in [9.17, 15) is 0 Å². The molecule has 0 aliphatic carbocycles. The summed E-state index contributed by atoms with van der Waals surface area (Å²) in [4.78, 5) is 7.15. The van der Waals surface area contributed by atoms with Crippen molar-refractivity contribution in [1.82, 2.24) is 19.7 Å². The van der Waals surface area contributed by atoms with Crippen LogP contribution in [0.4, 0.5) is 0 Å². The summed E-state index contributed by atoms with van der Waals surface area (Å²) in [6, 6.07) is 19.7. The molecule has 0 amide bonds. The van der Waals surface area contributed by atoms with Crippen molar-refractivity contribution in [3.63, 3.8) is 0 Å². The normalized spacial score (nSPS) is 13.9. The van der Waals surface area contributed by atoms with Gasteiger partial charge < -0.3 is 0 Å². The van der Waals surface area contributed by atoms with Gasteiger partial charge in [-0.25, -0.2) is 4.68 Å². The molecule has 0 saturated heterocycles. The maximum absolute atomic E-state index is 4.63. The van der Waals surface area contributed by atoms with Crippen molar-refractivity contribution in [2.24, 2.45) is 0 Å². The molecule has 2 aromatic carbocycles. The van der Waals surface area contributed by atoms with E-state index >= 15 is 0 Å². The van der Waals surface area contributed by atoms with Gasteiger partial charge in [0.15, 0.2) is 0 Å². The molecular formula is C27H28N4. The summed E-state index contributed by atoms with van der Waals surface area (Å²) < 4.78 is 1.98. The number of pyridine rings is 1. The smallest absolute Gasteiger partial charge is 0.0648 e. The number of nitrogens with zero attached hydrogens (tertiary/aromatic N) is 4. The van der Waals surface area contributed by atoms with Crippen molar-refractivity contribution < 1.29 is 0 Å². The van der Waals surface area contributed by atoms with Gasteiger partial charge in [0.1, 0.15) is 0 Å². The molecule has 1 aliphatic rings. The molecule has 0 unspecified atom stereocenters. The molecule has 4 nitrogen and oxygen atoms in total. The van der Waals surface area contributed by atoms with Gasteiger partial charge in [0.05, 0.1) is 11.9 Å². The van der Waals surface area contributed by atoms with Crippen LogP contribution in [0.1, 0.15) is 33.6 Å². The largest absolute Gasteiger partial charge is 0.294 e. The van der Waals surface area contributed by atoms with E-state index in [1.165, 1.54) is 33.4 Å². The number of hydrogen-bond donors (Lipinski definition) is 0. The number of benzene rings is 2. The lowest BCUT2D eigenvalue weighted by atomic mass is 9.94. The molecule has 0 N–H and O–H groups in total. The topological polar surface area (TPSA) is 34.0 Å². The summed E-state index contributed by atoms with van der Waals surface area (Å²) in [6.45, 7) is 9.23. The lowest BCUT2D eigenvalue weighted by molar-refractivity contribution is 0.245. The molecule has 0 radical (unpaired) electrons. The second kappa shape index (κ2) is 8.12. The van der Waals surface area contributed by atoms with E-state index in [4.69, 9.17) is 0 Å². The van der Waals surface area contributed by atoms with Crippen molar-refractivity contribution in [1.29, 1.82) is 0 Å². The van der Waals surface area contributed by atoms with Crippen LogP contribution in [-0.2, 0) is 19.5 Å². The minimum Gasteiger partial charge on any atom is -0.294 e. The molecule has 0 bridgehead atoms. The summed E-state index contributed by atoms with van der Waals surface area (Å²) >= 11 is 0. The van der Waals surface area contributed by atoms with E-state index in [1.54, 1.807) is 0 Å². The maximum atomic E-state index is 4.63. The zero-order valence-electron chi connectivity index (χ0n) is 18.5. The van der Waals surface area contributed by atoms with Gasteiger partial charge in [-0.3, -0.25) is 9.88 Å². The Morgan fingerprint density at radius 3 is 2.68 bits per heavy atom. The van der Waals surface area contributed by atoms with E-state index in [0.29, 0.717) is 0 Å². The molecule has 0 spiro atoms. The molecule has 3 heterocycles. The molecule has 2 aromatic heterocycles. The first kappa shape index (κ1) is 19.7. The van der Waals surface area contributed by atoms with Crippen molar-refractivity contribution in [3.8, 4) is 16.8 Å². The van der Waals surface area contributed by atoms with Crippen LogP contribution in [0, 0.1) is 20.8 Å². The third-order valence-electron chi connectivity index (χ3n) is 6.14. The highest BCUT2D eigenvalue weighted by Crippen LogP contribution is 2.28. The van der Waals surface area contributed by atoms with Crippen LogP contribution in [0.2, 0.25) is 0 Å². The molecule has 31 heavy (non-hydrogen) atoms. The molecule has 0 fully saturated rings. The summed E-state index contributed by atoms with van der Waals surface area (Å²) in [5.74, 6) is 0. The van der Waals surface area contributed by atoms with Crippen LogP contribution in [0.3, 0.4) is 0 Å². The third kappa shape index (κ3) is 4.17. The second-order valence-electron chi connectivity index (χ2n) is 8.66. The number of fused-ring (bicyclic) bond motifs is 1. The predicted molar refractivity (Wildman–Crippen MR) is 125 cm³/mol. The molecule has 0 atom stereocenters. The first-order valence-electron chi connectivity index (χ1n) is 10.9. The lowest BCUT2D eigenvalue weighted by Gasteiger charge is -2.28. The molecule has 156 valence electrons. The minimum atomic E-state index is 0.925. The first-order chi connectivity index (χ1) is 15.0. The highest BCUT2D eigenvalue weighted by molar-refractivity contribution is 5.67. The second-order valence-corrected chi connectivity index (χ2v) is 8.66. The summed E-state index contributed by atoms with van der Waals surface area (Å²) in [6.07, 6.45) is 5.22. The van der Waals surface area contributed by atoms with Gasteiger partial charge in [-0.1, -0.05) is 36.4 Å². The first-order valence-corrected chi connectivity index (χ1v) is 10.9. The van der Waals surface area contributed by atoms with Gasteiger partial charge in [0.25, 0.3) is 0 Å². The Hall–Kier alpha value is -3.24. The van der Waals surface area contributed by atoms with Gasteiger partial charge in [-0.15, -0.1) is 0 Å². The van der Waals surface area contributed by atoms with E-state index in [0.717, 1.165) is 43.1 Å². The number of aryl methyl sites for hydroxylation is 3. The van der Waals surface area contributed by atoms with Crippen molar-refractivity contribution in [3.05, 3.63) is 101 Å². The zero-order chi connectivity index (χ0) is 21.4. The standard InChI is InChI=1S/C27H28N4/c1-19-5-4-6-26(13-19)31-17-22(15-28-31)16-30-12-11-23-14-24(8-9-25(23)18-30)27-10-7-20(2)29-21(27)3/h4-10,13-15,17H,11-12,16,18H2,1-3H3. The van der Waals surface area contributed by atoms with Gasteiger partial charge in [-0.05, 0) is 67.6 Å². The Morgan fingerprint density at radius 1 is 0.935 bits per heavy atom. The van der Waals surface area contributed by atoms with Crippen LogP contribution in [-0.4, -0.2) is 26.2 Å². The quantitative estimate of drug-likeness (QED) is 0.452. The molecule has 4 heteroatoms. The molecule has 4 aromatic rings. The zero-order valence-corrected chi connectivity index (χ0v) is 18.5. The van der Waals surface area contributed by atoms with Crippen LogP contribution >= 0.6 is 0 Å². The van der Waals surface area contributed by atoms with E-state index < -0.39 is 0 Å². The van der Waals surface area contributed by atoms with E-state index in [2.05, 4.69) is 89.6 Å². The van der Waals surface area contributed by atoms with Crippen LogP contribution in [0.15, 0.2) is 67.0 Å². The van der Waals surface area contributed by atoms with Crippen molar-refractivity contribution in [2.45, 2.75) is 40.3 Å². The fourth-order valence-electron chi connectivity index (χ4n) is 4.52. The highest BCUT2D eigenvalue weighted by Gasteiger charge is 2.18. The molecule has 0 saturated carbocycles. The Labute approximate surface area is 184 Å². The average Bonchev–Trinajstić information content (AvgIpc) is 3.22. The predicted octanol–water partition coefficient (Wildman–Crippen LogP) is 5.42. The minimum absolute atomic E-state index is 0.925. The van der Waals surface area contributed by atoms with Gasteiger partial charge in [-0.2, -0.15) is 5.10 Å². The van der Waals surface area contributed by atoms with E-state index in [-0.39, 0.29) is 0 Å². The Kier molecular flexibility index (Phi) is 5.16. The van der Waals surface area contributed by atoms with Crippen molar-refractivity contribution in [2.75, 3.05) is 6.54 Å². The molecule has 5 rings (SSSR count). The Morgan fingerprint density at radius 2 is 1.84 bits per heavy atom. The Balaban J connectivity index is 1.30. The number of hydrogen-bond acceptors (Lipinski definition) is 3. The summed E-state index contributed by atoms with van der Waals surface area (Å²) in [7, 11) is 0. The lowest BCUT2D eigenvalue weighted by Crippen LogP contribution is -2.29. The molecular weight excluding hydrogens is 380 g/mol. The van der Waals surface area contributed by atoms with Crippen molar-refractivity contribution >= 4 is 0 Å². The van der Waals surface area contributed by atoms with Gasteiger partial charge in [0, 0.05) is 48.3 Å². The SMILES string of the molecule is Cc1cccc(-n2cc(CN3CCc4cc(-c5ccc(C)nc5C)ccc4C3)cn2)c1. The monoisotopic (exact) mass is 408 g/mol. The highest BCUT2D eigenvalue weighted by atomic mass is 15.3. The fraction of sp³-hybridized carbons (Fsp3) is 0.259. The number of rotatable bonds is 4.